The van der Waals surface area contributed by atoms with Gasteiger partial charge in [-0.05, 0) is 11.5 Å². The third kappa shape index (κ3) is 1.24. The molecule has 0 fully saturated rings. The summed E-state index contributed by atoms with van der Waals surface area (Å²) < 4.78 is 0. The van der Waals surface area contributed by atoms with Crippen LogP contribution in [0.15, 0.2) is 16.5 Å². The lowest BCUT2D eigenvalue weighted by Crippen LogP contribution is -2.13. The summed E-state index contributed by atoms with van der Waals surface area (Å²) in [6.45, 7) is 0. The first kappa shape index (κ1) is 5.65. The van der Waals surface area contributed by atoms with Gasteiger partial charge in [-0.3, -0.25) is 0 Å². The van der Waals surface area contributed by atoms with Gasteiger partial charge in [-0.15, -0.1) is 0 Å². The zero-order valence-corrected chi connectivity index (χ0v) is 4.93. The molecule has 0 aromatic rings. The van der Waals surface area contributed by atoms with E-state index in [-0.39, 0.29) is 0 Å². The minimum absolute atomic E-state index is 0.417. The number of hydrogen-bond donors (Lipinski definition) is 2. The maximum atomic E-state index is 8.71. The van der Waals surface area contributed by atoms with Gasteiger partial charge in [-0.2, -0.15) is 0 Å². The van der Waals surface area contributed by atoms with Crippen LogP contribution in [0, 0.1) is 0 Å². The van der Waals surface area contributed by atoms with E-state index in [1.165, 1.54) is 11.8 Å². The molecule has 0 bridgehead atoms. The molecule has 0 aromatic heterocycles. The van der Waals surface area contributed by atoms with Crippen molar-refractivity contribution in [2.75, 3.05) is 0 Å². The molecule has 1 aliphatic rings. The van der Waals surface area contributed by atoms with E-state index in [4.69, 9.17) is 10.8 Å². The molecular formula is C4H6N2OS. The van der Waals surface area contributed by atoms with E-state index in [1.807, 2.05) is 0 Å². The zero-order chi connectivity index (χ0) is 5.98. The van der Waals surface area contributed by atoms with Crippen LogP contribution in [0.4, 0.5) is 0 Å². The lowest BCUT2D eigenvalue weighted by atomic mass is 10.6. The number of aliphatic hydroxyl groups excluding tert-OH is 1. The highest BCUT2D eigenvalue weighted by Crippen LogP contribution is 2.09. The molecule has 0 aromatic carbocycles. The highest BCUT2D eigenvalue weighted by Gasteiger charge is 2.01. The largest absolute Gasteiger partial charge is 0.378 e. The number of aliphatic hydroxyl groups is 1. The third-order valence-corrected chi connectivity index (χ3v) is 1.34. The Labute approximate surface area is 51.3 Å². The van der Waals surface area contributed by atoms with Gasteiger partial charge in [0.25, 0.3) is 0 Å². The van der Waals surface area contributed by atoms with Gasteiger partial charge in [-0.1, -0.05) is 11.8 Å². The van der Waals surface area contributed by atoms with E-state index >= 15 is 0 Å². The van der Waals surface area contributed by atoms with Crippen molar-refractivity contribution in [2.24, 2.45) is 10.7 Å². The molecular weight excluding hydrogens is 124 g/mol. The van der Waals surface area contributed by atoms with Gasteiger partial charge in [0, 0.05) is 0 Å². The normalized spacial score (nSPS) is 27.6. The summed E-state index contributed by atoms with van der Waals surface area (Å²) in [6.07, 6.45) is 0.845. The zero-order valence-electron chi connectivity index (χ0n) is 4.11. The van der Waals surface area contributed by atoms with Crippen LogP contribution in [0.3, 0.4) is 0 Å². The fourth-order valence-corrected chi connectivity index (χ4v) is 0.910. The molecule has 4 heteroatoms. The van der Waals surface area contributed by atoms with Crippen LogP contribution in [-0.2, 0) is 0 Å². The van der Waals surface area contributed by atoms with Crippen molar-refractivity contribution in [3.8, 4) is 0 Å². The van der Waals surface area contributed by atoms with Crippen molar-refractivity contribution in [3.63, 3.8) is 0 Å². The summed E-state index contributed by atoms with van der Waals surface area (Å²) in [5.74, 6) is 0. The second-order valence-electron chi connectivity index (χ2n) is 1.33. The third-order valence-electron chi connectivity index (χ3n) is 0.699. The Morgan fingerprint density at radius 3 is 3.00 bits per heavy atom. The summed E-state index contributed by atoms with van der Waals surface area (Å²) in [6, 6.07) is 0. The molecule has 0 radical (unpaired) electrons. The van der Waals surface area contributed by atoms with Gasteiger partial charge in [-0.25, -0.2) is 4.99 Å². The number of thioether (sulfide) groups is 1. The Morgan fingerprint density at radius 1 is 1.88 bits per heavy atom. The van der Waals surface area contributed by atoms with Gasteiger partial charge in [0.15, 0.2) is 11.4 Å². The van der Waals surface area contributed by atoms with Crippen molar-refractivity contribution >= 4 is 16.9 Å². The van der Waals surface area contributed by atoms with E-state index in [0.717, 1.165) is 0 Å². The summed E-state index contributed by atoms with van der Waals surface area (Å²) >= 11 is 1.31. The molecule has 1 atom stereocenters. The number of nitrogens with zero attached hydrogens (tertiary/aromatic N) is 1. The van der Waals surface area contributed by atoms with E-state index in [9.17, 15) is 0 Å². The summed E-state index contributed by atoms with van der Waals surface area (Å²) in [5.41, 5.74) is 5.23. The van der Waals surface area contributed by atoms with Crippen LogP contribution in [0.2, 0.25) is 0 Å². The maximum absolute atomic E-state index is 8.71. The van der Waals surface area contributed by atoms with Crippen molar-refractivity contribution in [3.05, 3.63) is 11.5 Å². The Hall–Kier alpha value is -0.480. The second-order valence-corrected chi connectivity index (χ2v) is 2.25. The van der Waals surface area contributed by atoms with Gasteiger partial charge in [0.05, 0.1) is 0 Å². The molecule has 0 saturated carbocycles. The SMILES string of the molecule is NC1=NC(O)C=CS1. The molecule has 0 saturated heterocycles. The highest BCUT2D eigenvalue weighted by molar-refractivity contribution is 8.16. The Kier molecular flexibility index (Phi) is 1.55. The fourth-order valence-electron chi connectivity index (χ4n) is 0.383. The second kappa shape index (κ2) is 2.19. The monoisotopic (exact) mass is 130 g/mol. The number of rotatable bonds is 0. The van der Waals surface area contributed by atoms with E-state index in [0.29, 0.717) is 5.17 Å². The summed E-state index contributed by atoms with van der Waals surface area (Å²) in [7, 11) is 0. The molecule has 0 amide bonds. The molecule has 8 heavy (non-hydrogen) atoms. The predicted octanol–water partition coefficient (Wildman–Crippen LogP) is -0.120. The van der Waals surface area contributed by atoms with Crippen LogP contribution in [0.5, 0.6) is 0 Å². The number of aliphatic imine (C=N–C) groups is 1. The van der Waals surface area contributed by atoms with E-state index < -0.39 is 6.23 Å². The van der Waals surface area contributed by atoms with Gasteiger partial charge < -0.3 is 10.8 Å². The van der Waals surface area contributed by atoms with Crippen molar-refractivity contribution in [1.29, 1.82) is 0 Å². The lowest BCUT2D eigenvalue weighted by Gasteiger charge is -2.04. The lowest BCUT2D eigenvalue weighted by molar-refractivity contribution is 0.234. The van der Waals surface area contributed by atoms with Crippen molar-refractivity contribution in [2.45, 2.75) is 6.23 Å². The first-order valence-corrected chi connectivity index (χ1v) is 3.01. The molecule has 3 nitrogen and oxygen atoms in total. The minimum Gasteiger partial charge on any atom is -0.378 e. The maximum Gasteiger partial charge on any atom is 0.167 e. The van der Waals surface area contributed by atoms with E-state index in [2.05, 4.69) is 4.99 Å². The average molecular weight is 130 g/mol. The predicted molar refractivity (Wildman–Crippen MR) is 34.4 cm³/mol. The van der Waals surface area contributed by atoms with E-state index in [1.54, 1.807) is 11.5 Å². The Morgan fingerprint density at radius 2 is 2.62 bits per heavy atom. The van der Waals surface area contributed by atoms with Crippen LogP contribution < -0.4 is 5.73 Å². The number of amidine groups is 1. The summed E-state index contributed by atoms with van der Waals surface area (Å²) in [4.78, 5) is 3.61. The molecule has 44 valence electrons. The molecule has 0 spiro atoms. The molecule has 1 heterocycles. The van der Waals surface area contributed by atoms with Crippen LogP contribution >= 0.6 is 11.8 Å². The number of hydrogen-bond acceptors (Lipinski definition) is 4. The topological polar surface area (TPSA) is 58.6 Å². The highest BCUT2D eigenvalue weighted by atomic mass is 32.2. The first-order chi connectivity index (χ1) is 3.79. The van der Waals surface area contributed by atoms with Crippen molar-refractivity contribution in [1.82, 2.24) is 0 Å². The van der Waals surface area contributed by atoms with Crippen molar-refractivity contribution < 1.29 is 5.11 Å². The molecule has 1 rings (SSSR count). The molecule has 1 aliphatic heterocycles. The van der Waals surface area contributed by atoms with Crippen LogP contribution in [0.1, 0.15) is 0 Å². The quantitative estimate of drug-likeness (QED) is 0.480. The van der Waals surface area contributed by atoms with Crippen LogP contribution in [0.25, 0.3) is 0 Å². The Bertz CT molecular complexity index is 143. The number of nitrogens with two attached hydrogens (primary N) is 1. The van der Waals surface area contributed by atoms with Gasteiger partial charge >= 0.3 is 0 Å². The van der Waals surface area contributed by atoms with Crippen LogP contribution in [-0.4, -0.2) is 16.5 Å². The molecule has 0 aliphatic carbocycles. The smallest absolute Gasteiger partial charge is 0.167 e. The van der Waals surface area contributed by atoms with Gasteiger partial charge in [0.2, 0.25) is 0 Å². The fraction of sp³-hybridized carbons (Fsp3) is 0.250. The first-order valence-electron chi connectivity index (χ1n) is 2.14. The minimum atomic E-state index is -0.726. The standard InChI is InChI=1S/C4H6N2OS/c5-4-6-3(7)1-2-8-4/h1-3,7H,(H2,5,6). The Balaban J connectivity index is 2.60. The summed E-state index contributed by atoms with van der Waals surface area (Å²) in [5, 5.41) is 10.8. The molecule has 1 unspecified atom stereocenters. The van der Waals surface area contributed by atoms with Gasteiger partial charge in [0.1, 0.15) is 0 Å². The molecule has 3 N–H and O–H groups in total. The average Bonchev–Trinajstić information content (AvgIpc) is 1.64.